The van der Waals surface area contributed by atoms with Gasteiger partial charge in [-0.25, -0.2) is 8.78 Å². The summed E-state index contributed by atoms with van der Waals surface area (Å²) in [7, 11) is 0. The van der Waals surface area contributed by atoms with Crippen LogP contribution in [0, 0.1) is 23.3 Å². The van der Waals surface area contributed by atoms with Crippen molar-refractivity contribution in [1.82, 2.24) is 0 Å². The molecule has 1 unspecified atom stereocenters. The van der Waals surface area contributed by atoms with Gasteiger partial charge in [-0.3, -0.25) is 0 Å². The molecule has 0 aliphatic rings. The quantitative estimate of drug-likeness (QED) is 0.251. The van der Waals surface area contributed by atoms with Gasteiger partial charge in [0.05, 0.1) is 0 Å². The monoisotopic (exact) mass is 540 g/mol. The third kappa shape index (κ3) is 4.69. The highest BCUT2D eigenvalue weighted by atomic mass is 19.4. The minimum atomic E-state index is -5.93. The summed E-state index contributed by atoms with van der Waals surface area (Å²) in [5.74, 6) is -11.0. The summed E-state index contributed by atoms with van der Waals surface area (Å²) in [6, 6.07) is 4.01. The molecule has 0 aliphatic carbocycles. The van der Waals surface area contributed by atoms with Crippen LogP contribution in [0.5, 0.6) is 17.2 Å². The lowest BCUT2D eigenvalue weighted by molar-refractivity contribution is -0.288. The Balaban J connectivity index is 2.13. The summed E-state index contributed by atoms with van der Waals surface area (Å²) in [6.07, 6.45) is -11.7. The van der Waals surface area contributed by atoms with Crippen LogP contribution in [0.15, 0.2) is 48.5 Å². The van der Waals surface area contributed by atoms with Crippen molar-refractivity contribution in [3.8, 4) is 17.2 Å². The topological polar surface area (TPSA) is 29.5 Å². The molecule has 12 heteroatoms. The van der Waals surface area contributed by atoms with Gasteiger partial charge in [0.1, 0.15) is 11.5 Å². The second-order valence-electron chi connectivity index (χ2n) is 8.23. The van der Waals surface area contributed by atoms with E-state index in [2.05, 4.69) is 0 Å². The van der Waals surface area contributed by atoms with Gasteiger partial charge in [-0.05, 0) is 47.7 Å². The second-order valence-corrected chi connectivity index (χ2v) is 8.23. The molecule has 37 heavy (non-hydrogen) atoms. The number of rotatable bonds is 6. The number of alkyl halides is 6. The Labute approximate surface area is 204 Å². The fourth-order valence-corrected chi connectivity index (χ4v) is 3.94. The Morgan fingerprint density at radius 3 is 1.49 bits per heavy atom. The summed E-state index contributed by atoms with van der Waals surface area (Å²) < 4.78 is 147. The molecular formula is C25H18F10O2. The Kier molecular flexibility index (Phi) is 7.44. The number of ether oxygens (including phenoxy) is 1. The fraction of sp³-hybridized carbons (Fsp3) is 0.280. The molecule has 0 saturated heterocycles. The predicted molar refractivity (Wildman–Crippen MR) is 112 cm³/mol. The Bertz CT molecular complexity index is 1220. The van der Waals surface area contributed by atoms with Crippen molar-refractivity contribution in [2.45, 2.75) is 44.0 Å². The maximum absolute atomic E-state index is 14.5. The number of phenolic OH excluding ortho intramolecular Hbond substituents is 1. The molecule has 0 bridgehead atoms. The smallest absolute Gasteiger partial charge is 0.411 e. The van der Waals surface area contributed by atoms with Gasteiger partial charge in [0.2, 0.25) is 22.8 Å². The van der Waals surface area contributed by atoms with Crippen molar-refractivity contribution in [1.29, 1.82) is 0 Å². The number of phenols is 1. The molecule has 1 atom stereocenters. The lowest BCUT2D eigenvalue weighted by atomic mass is 9.73. The molecular weight excluding hydrogens is 522 g/mol. The first kappa shape index (κ1) is 28.1. The average Bonchev–Trinajstić information content (AvgIpc) is 2.81. The lowest BCUT2D eigenvalue weighted by Crippen LogP contribution is -2.54. The summed E-state index contributed by atoms with van der Waals surface area (Å²) >= 11 is 0. The third-order valence-electron chi connectivity index (χ3n) is 6.02. The zero-order chi connectivity index (χ0) is 27.9. The predicted octanol–water partition coefficient (Wildman–Crippen LogP) is 8.67. The number of aromatic hydroxyl groups is 1. The summed E-state index contributed by atoms with van der Waals surface area (Å²) in [4.78, 5) is 0. The molecule has 3 rings (SSSR count). The number of benzene rings is 3. The Morgan fingerprint density at radius 2 is 1.11 bits per heavy atom. The number of hydrogen-bond donors (Lipinski definition) is 1. The van der Waals surface area contributed by atoms with E-state index in [0.29, 0.717) is 48.5 Å². The summed E-state index contributed by atoms with van der Waals surface area (Å²) in [6.45, 7) is 2.84. The lowest BCUT2D eigenvalue weighted by Gasteiger charge is -2.38. The molecule has 200 valence electrons. The molecule has 0 radical (unpaired) electrons. The molecule has 0 fully saturated rings. The van der Waals surface area contributed by atoms with Crippen molar-refractivity contribution >= 4 is 0 Å². The Morgan fingerprint density at radius 1 is 0.703 bits per heavy atom. The van der Waals surface area contributed by atoms with Gasteiger partial charge in [-0.2, -0.15) is 35.1 Å². The van der Waals surface area contributed by atoms with Gasteiger partial charge >= 0.3 is 12.4 Å². The van der Waals surface area contributed by atoms with Crippen molar-refractivity contribution in [3.05, 3.63) is 88.5 Å². The van der Waals surface area contributed by atoms with Crippen molar-refractivity contribution < 1.29 is 53.7 Å². The maximum atomic E-state index is 14.5. The molecule has 1 N–H and O–H groups in total. The zero-order valence-electron chi connectivity index (χ0n) is 19.0. The molecule has 3 aromatic rings. The van der Waals surface area contributed by atoms with Gasteiger partial charge < -0.3 is 9.84 Å². The van der Waals surface area contributed by atoms with Crippen LogP contribution in [0.2, 0.25) is 0 Å². The van der Waals surface area contributed by atoms with Crippen molar-refractivity contribution in [2.24, 2.45) is 0 Å². The minimum Gasteiger partial charge on any atom is -0.508 e. The van der Waals surface area contributed by atoms with Crippen molar-refractivity contribution in [3.63, 3.8) is 0 Å². The molecule has 0 aromatic heterocycles. The van der Waals surface area contributed by atoms with Crippen molar-refractivity contribution in [2.75, 3.05) is 0 Å². The van der Waals surface area contributed by atoms with E-state index in [1.54, 1.807) is 0 Å². The first-order valence-electron chi connectivity index (χ1n) is 10.6. The molecule has 0 heterocycles. The van der Waals surface area contributed by atoms with E-state index >= 15 is 0 Å². The highest BCUT2D eigenvalue weighted by Crippen LogP contribution is 2.56. The highest BCUT2D eigenvalue weighted by molar-refractivity contribution is 5.48. The third-order valence-corrected chi connectivity index (χ3v) is 6.02. The summed E-state index contributed by atoms with van der Waals surface area (Å²) in [5, 5.41) is 9.33. The van der Waals surface area contributed by atoms with E-state index in [0.717, 1.165) is 0 Å². The van der Waals surface area contributed by atoms with Gasteiger partial charge in [0.25, 0.3) is 0 Å². The Hall–Kier alpha value is -3.44. The minimum absolute atomic E-state index is 0.135. The van der Waals surface area contributed by atoms with Gasteiger partial charge in [0, 0.05) is 5.56 Å². The van der Waals surface area contributed by atoms with E-state index < -0.39 is 80.9 Å². The van der Waals surface area contributed by atoms with E-state index in [9.17, 15) is 49.0 Å². The van der Waals surface area contributed by atoms with Crippen LogP contribution in [-0.4, -0.2) is 17.5 Å². The molecule has 0 amide bonds. The van der Waals surface area contributed by atoms with Crippen LogP contribution in [-0.2, 0) is 5.41 Å². The van der Waals surface area contributed by atoms with Gasteiger partial charge in [0.15, 0.2) is 11.6 Å². The van der Waals surface area contributed by atoms with E-state index in [-0.39, 0.29) is 6.42 Å². The van der Waals surface area contributed by atoms with E-state index in [4.69, 9.17) is 4.74 Å². The number of halogens is 10. The van der Waals surface area contributed by atoms with Crippen LogP contribution < -0.4 is 4.74 Å². The molecule has 0 aliphatic heterocycles. The molecule has 3 aromatic carbocycles. The first-order valence-corrected chi connectivity index (χ1v) is 10.6. The normalized spacial score (nSPS) is 13.5. The first-order chi connectivity index (χ1) is 17.1. The standard InChI is InChI=1S/C25H18F10O2/c1-3-12(2)17-18(26)20(28)22(21(29)19(17)27)37-16-10-6-14(7-11-16)23(24(30,31)32,25(33,34)35)13-4-8-15(36)9-5-13/h4-12,36H,3H2,1-2H3. The van der Waals surface area contributed by atoms with Crippen LogP contribution >= 0.6 is 0 Å². The van der Waals surface area contributed by atoms with Gasteiger partial charge in [-0.15, -0.1) is 0 Å². The zero-order valence-corrected chi connectivity index (χ0v) is 19.0. The maximum Gasteiger partial charge on any atom is 0.411 e. The van der Waals surface area contributed by atoms with E-state index in [1.807, 2.05) is 0 Å². The van der Waals surface area contributed by atoms with E-state index in [1.165, 1.54) is 13.8 Å². The van der Waals surface area contributed by atoms with Crippen LogP contribution in [0.3, 0.4) is 0 Å². The highest BCUT2D eigenvalue weighted by Gasteiger charge is 2.72. The molecule has 2 nitrogen and oxygen atoms in total. The summed E-state index contributed by atoms with van der Waals surface area (Å²) in [5.41, 5.74) is -8.02. The second kappa shape index (κ2) is 9.79. The number of hydrogen-bond acceptors (Lipinski definition) is 2. The van der Waals surface area contributed by atoms with Crippen LogP contribution in [0.1, 0.15) is 42.9 Å². The largest absolute Gasteiger partial charge is 0.508 e. The van der Waals surface area contributed by atoms with Gasteiger partial charge in [-0.1, -0.05) is 38.1 Å². The fourth-order valence-electron chi connectivity index (χ4n) is 3.94. The van der Waals surface area contributed by atoms with Crippen LogP contribution in [0.25, 0.3) is 0 Å². The average molecular weight is 540 g/mol. The molecule has 0 saturated carbocycles. The van der Waals surface area contributed by atoms with Crippen LogP contribution in [0.4, 0.5) is 43.9 Å². The SMILES string of the molecule is CCC(C)c1c(F)c(F)c(Oc2ccc(C(c3ccc(O)cc3)(C(F)(F)F)C(F)(F)F)cc2)c(F)c1F. The molecule has 0 spiro atoms.